The molecule has 0 spiro atoms. The van der Waals surface area contributed by atoms with Crippen LogP contribution in [0, 0.1) is 0 Å². The molecule has 0 aromatic heterocycles. The molecule has 2 aromatic carbocycles. The first-order valence-corrected chi connectivity index (χ1v) is 8.46. The van der Waals surface area contributed by atoms with Crippen LogP contribution in [0.3, 0.4) is 0 Å². The molecular weight excluding hydrogens is 308 g/mol. The number of aliphatic hydroxyl groups excluding tert-OH is 1. The van der Waals surface area contributed by atoms with Crippen molar-refractivity contribution in [3.8, 4) is 0 Å². The van der Waals surface area contributed by atoms with Crippen molar-refractivity contribution in [2.75, 3.05) is 6.54 Å². The molecule has 2 N–H and O–H groups in total. The highest BCUT2D eigenvalue weighted by Crippen LogP contribution is 2.29. The molecule has 3 nitrogen and oxygen atoms in total. The number of fused-ring (bicyclic) bond motifs is 1. The molecule has 1 aliphatic heterocycles. The minimum absolute atomic E-state index is 0.416. The van der Waals surface area contributed by atoms with Gasteiger partial charge in [0.2, 0.25) is 0 Å². The van der Waals surface area contributed by atoms with E-state index in [4.69, 9.17) is 4.99 Å². The maximum absolute atomic E-state index is 10.1. The standard InChI is InChI=1S/C22H20N2O/c25-21-10-4-3-9-20(21)23-16-22(13-5-6-14-24-22)19-12-11-17-7-1-2-8-18(17)15-19/h1-15,21,24-25H,16H2. The van der Waals surface area contributed by atoms with Crippen LogP contribution in [-0.2, 0) is 5.54 Å². The van der Waals surface area contributed by atoms with Crippen molar-refractivity contribution in [1.29, 1.82) is 0 Å². The van der Waals surface area contributed by atoms with Gasteiger partial charge in [0.15, 0.2) is 0 Å². The Morgan fingerprint density at radius 2 is 1.88 bits per heavy atom. The van der Waals surface area contributed by atoms with Crippen LogP contribution in [-0.4, -0.2) is 23.5 Å². The van der Waals surface area contributed by atoms with Gasteiger partial charge in [0.05, 0.1) is 12.3 Å². The molecule has 1 heterocycles. The molecule has 0 bridgehead atoms. The maximum Gasteiger partial charge on any atom is 0.114 e. The lowest BCUT2D eigenvalue weighted by Gasteiger charge is -2.33. The largest absolute Gasteiger partial charge is 0.383 e. The van der Waals surface area contributed by atoms with E-state index in [-0.39, 0.29) is 0 Å². The Kier molecular flexibility index (Phi) is 4.08. The molecule has 124 valence electrons. The van der Waals surface area contributed by atoms with Crippen molar-refractivity contribution in [1.82, 2.24) is 5.32 Å². The Labute approximate surface area is 147 Å². The van der Waals surface area contributed by atoms with E-state index < -0.39 is 11.6 Å². The molecule has 2 aliphatic rings. The average Bonchev–Trinajstić information content (AvgIpc) is 2.68. The molecule has 0 saturated carbocycles. The van der Waals surface area contributed by atoms with Gasteiger partial charge in [0.25, 0.3) is 0 Å². The van der Waals surface area contributed by atoms with E-state index in [2.05, 4.69) is 53.9 Å². The third kappa shape index (κ3) is 3.06. The highest BCUT2D eigenvalue weighted by molar-refractivity contribution is 6.01. The second kappa shape index (κ2) is 6.54. The lowest BCUT2D eigenvalue weighted by atomic mass is 9.86. The summed E-state index contributed by atoms with van der Waals surface area (Å²) in [7, 11) is 0. The number of aliphatic hydroxyl groups is 1. The Morgan fingerprint density at radius 1 is 1.00 bits per heavy atom. The van der Waals surface area contributed by atoms with Gasteiger partial charge in [-0.3, -0.25) is 4.99 Å². The number of rotatable bonds is 3. The summed E-state index contributed by atoms with van der Waals surface area (Å²) in [6, 6.07) is 14.8. The molecule has 1 aliphatic carbocycles. The van der Waals surface area contributed by atoms with E-state index in [1.807, 2.05) is 36.6 Å². The number of aliphatic imine (C=N–C) groups is 1. The summed E-state index contributed by atoms with van der Waals surface area (Å²) >= 11 is 0. The molecule has 3 heteroatoms. The van der Waals surface area contributed by atoms with E-state index in [1.165, 1.54) is 10.8 Å². The zero-order chi connectivity index (χ0) is 17.1. The van der Waals surface area contributed by atoms with E-state index in [0.29, 0.717) is 12.3 Å². The van der Waals surface area contributed by atoms with Crippen LogP contribution in [0.25, 0.3) is 10.8 Å². The van der Waals surface area contributed by atoms with Crippen LogP contribution in [0.15, 0.2) is 96.2 Å². The van der Waals surface area contributed by atoms with Gasteiger partial charge in [-0.1, -0.05) is 66.8 Å². The van der Waals surface area contributed by atoms with Gasteiger partial charge in [0, 0.05) is 0 Å². The fourth-order valence-corrected chi connectivity index (χ4v) is 3.24. The Bertz CT molecular complexity index is 936. The lowest BCUT2D eigenvalue weighted by Crippen LogP contribution is -2.42. The van der Waals surface area contributed by atoms with E-state index in [1.54, 1.807) is 6.08 Å². The smallest absolute Gasteiger partial charge is 0.114 e. The summed E-state index contributed by atoms with van der Waals surface area (Å²) in [5.41, 5.74) is 1.42. The van der Waals surface area contributed by atoms with E-state index in [0.717, 1.165) is 5.56 Å². The van der Waals surface area contributed by atoms with Crippen molar-refractivity contribution in [2.45, 2.75) is 11.6 Å². The molecular formula is C22H20N2O. The first-order chi connectivity index (χ1) is 12.3. The first-order valence-electron chi connectivity index (χ1n) is 8.46. The highest BCUT2D eigenvalue weighted by Gasteiger charge is 2.29. The predicted molar refractivity (Wildman–Crippen MR) is 104 cm³/mol. The predicted octanol–water partition coefficient (Wildman–Crippen LogP) is 3.64. The van der Waals surface area contributed by atoms with Gasteiger partial charge in [-0.15, -0.1) is 0 Å². The summed E-state index contributed by atoms with van der Waals surface area (Å²) in [5.74, 6) is 0. The normalized spacial score (nSPS) is 26.3. The van der Waals surface area contributed by atoms with E-state index in [9.17, 15) is 5.11 Å². The Morgan fingerprint density at radius 3 is 2.68 bits per heavy atom. The minimum atomic E-state index is -0.637. The molecule has 4 rings (SSSR count). The molecule has 0 amide bonds. The number of benzene rings is 2. The fourth-order valence-electron chi connectivity index (χ4n) is 3.24. The summed E-state index contributed by atoms with van der Waals surface area (Å²) < 4.78 is 0. The Balaban J connectivity index is 1.73. The van der Waals surface area contributed by atoms with Crippen molar-refractivity contribution < 1.29 is 5.11 Å². The summed E-state index contributed by atoms with van der Waals surface area (Å²) in [6.07, 6.45) is 14.8. The van der Waals surface area contributed by atoms with Crippen LogP contribution in [0.2, 0.25) is 0 Å². The van der Waals surface area contributed by atoms with Crippen molar-refractivity contribution in [2.24, 2.45) is 4.99 Å². The van der Waals surface area contributed by atoms with Crippen molar-refractivity contribution >= 4 is 16.5 Å². The quantitative estimate of drug-likeness (QED) is 0.903. The molecule has 25 heavy (non-hydrogen) atoms. The van der Waals surface area contributed by atoms with Crippen LogP contribution < -0.4 is 5.32 Å². The van der Waals surface area contributed by atoms with Gasteiger partial charge in [-0.25, -0.2) is 0 Å². The second-order valence-electron chi connectivity index (χ2n) is 6.33. The number of dihydropyridines is 1. The zero-order valence-corrected chi connectivity index (χ0v) is 13.8. The van der Waals surface area contributed by atoms with E-state index >= 15 is 0 Å². The summed E-state index contributed by atoms with van der Waals surface area (Å²) in [5, 5.41) is 16.0. The number of hydrogen-bond donors (Lipinski definition) is 2. The van der Waals surface area contributed by atoms with Gasteiger partial charge in [-0.2, -0.15) is 0 Å². The maximum atomic E-state index is 10.1. The highest BCUT2D eigenvalue weighted by atomic mass is 16.3. The number of hydrogen-bond acceptors (Lipinski definition) is 3. The van der Waals surface area contributed by atoms with Crippen LogP contribution >= 0.6 is 0 Å². The number of nitrogens with one attached hydrogen (secondary N) is 1. The van der Waals surface area contributed by atoms with Crippen LogP contribution in [0.4, 0.5) is 0 Å². The molecule has 2 aromatic rings. The molecule has 0 saturated heterocycles. The third-order valence-electron chi connectivity index (χ3n) is 4.68. The monoisotopic (exact) mass is 328 g/mol. The molecule has 0 fully saturated rings. The SMILES string of the molecule is OC1C=CC=CC1=NCC1(c2ccc3ccccc3c2)C=CC=CN1. The number of allylic oxidation sites excluding steroid dienone is 4. The average molecular weight is 328 g/mol. The third-order valence-corrected chi connectivity index (χ3v) is 4.68. The van der Waals surface area contributed by atoms with Gasteiger partial charge in [0.1, 0.15) is 11.6 Å². The first kappa shape index (κ1) is 15.6. The molecule has 2 atom stereocenters. The van der Waals surface area contributed by atoms with Gasteiger partial charge in [-0.05, 0) is 40.8 Å². The lowest BCUT2D eigenvalue weighted by molar-refractivity contribution is 0.288. The Hall–Kier alpha value is -2.91. The second-order valence-corrected chi connectivity index (χ2v) is 6.33. The molecule has 0 radical (unpaired) electrons. The topological polar surface area (TPSA) is 44.6 Å². The summed E-state index contributed by atoms with van der Waals surface area (Å²) in [6.45, 7) is 0.511. The van der Waals surface area contributed by atoms with Crippen LogP contribution in [0.1, 0.15) is 5.56 Å². The molecule has 2 unspecified atom stereocenters. The van der Waals surface area contributed by atoms with Gasteiger partial charge < -0.3 is 10.4 Å². The van der Waals surface area contributed by atoms with Gasteiger partial charge >= 0.3 is 0 Å². The minimum Gasteiger partial charge on any atom is -0.383 e. The number of nitrogens with zero attached hydrogens (tertiary/aromatic N) is 1. The van der Waals surface area contributed by atoms with Crippen LogP contribution in [0.5, 0.6) is 0 Å². The van der Waals surface area contributed by atoms with Crippen molar-refractivity contribution in [3.05, 3.63) is 96.8 Å². The fraction of sp³-hybridized carbons (Fsp3) is 0.136. The zero-order valence-electron chi connectivity index (χ0n) is 13.8. The summed E-state index contributed by atoms with van der Waals surface area (Å²) in [4.78, 5) is 4.70. The van der Waals surface area contributed by atoms with Crippen molar-refractivity contribution in [3.63, 3.8) is 0 Å².